The Labute approximate surface area is 121 Å². The number of piperidine rings is 1. The number of nitrogens with zero attached hydrogens (tertiary/aromatic N) is 2. The molecule has 0 saturated carbocycles. The van der Waals surface area contributed by atoms with Gasteiger partial charge in [-0.15, -0.1) is 0 Å². The highest BCUT2D eigenvalue weighted by atomic mass is 16.6. The predicted octanol–water partition coefficient (Wildman–Crippen LogP) is 3.85. The van der Waals surface area contributed by atoms with Crippen molar-refractivity contribution in [1.29, 1.82) is 0 Å². The molecule has 1 aromatic rings. The van der Waals surface area contributed by atoms with Gasteiger partial charge >= 0.3 is 6.09 Å². The van der Waals surface area contributed by atoms with E-state index in [9.17, 15) is 4.79 Å². The van der Waals surface area contributed by atoms with Crippen LogP contribution in [0.3, 0.4) is 0 Å². The average Bonchev–Trinajstić information content (AvgIpc) is 2.37. The summed E-state index contributed by atoms with van der Waals surface area (Å²) in [5.74, 6) is 0. The highest BCUT2D eigenvalue weighted by Crippen LogP contribution is 2.32. The minimum absolute atomic E-state index is 0.0415. The van der Waals surface area contributed by atoms with Crippen molar-refractivity contribution in [1.82, 2.24) is 9.88 Å². The monoisotopic (exact) mass is 276 g/mol. The topological polar surface area (TPSA) is 42.4 Å². The summed E-state index contributed by atoms with van der Waals surface area (Å²) in [6.45, 7) is 8.49. The van der Waals surface area contributed by atoms with E-state index in [0.717, 1.165) is 37.1 Å². The molecule has 1 fully saturated rings. The average molecular weight is 276 g/mol. The van der Waals surface area contributed by atoms with Crippen molar-refractivity contribution in [2.75, 3.05) is 6.54 Å². The molecule has 0 bridgehead atoms. The molecule has 0 aliphatic carbocycles. The Hall–Kier alpha value is -1.58. The Bertz CT molecular complexity index is 480. The lowest BCUT2D eigenvalue weighted by Crippen LogP contribution is -2.42. The molecule has 2 heterocycles. The molecule has 110 valence electrons. The van der Waals surface area contributed by atoms with Gasteiger partial charge in [-0.1, -0.05) is 6.07 Å². The molecule has 1 atom stereocenters. The molecule has 0 unspecified atom stereocenters. The van der Waals surface area contributed by atoms with Crippen molar-refractivity contribution in [3.8, 4) is 0 Å². The van der Waals surface area contributed by atoms with Crippen LogP contribution >= 0.6 is 0 Å². The highest BCUT2D eigenvalue weighted by molar-refractivity contribution is 5.69. The van der Waals surface area contributed by atoms with Gasteiger partial charge in [0.1, 0.15) is 5.60 Å². The third-order valence-electron chi connectivity index (χ3n) is 3.50. The maximum Gasteiger partial charge on any atom is 0.410 e. The first-order chi connectivity index (χ1) is 9.38. The number of carbonyl (C=O) groups is 1. The van der Waals surface area contributed by atoms with Crippen LogP contribution in [-0.4, -0.2) is 28.1 Å². The molecule has 1 aliphatic heterocycles. The van der Waals surface area contributed by atoms with Gasteiger partial charge < -0.3 is 4.74 Å². The molecule has 1 amide bonds. The standard InChI is InChI=1S/C16H24N2O2/c1-12-8-7-10-17-14(12)13-9-5-6-11-18(13)15(19)20-16(2,3)4/h7-8,10,13H,5-6,9,11H2,1-4H3/t13-/m0/s1. The predicted molar refractivity (Wildman–Crippen MR) is 78.5 cm³/mol. The van der Waals surface area contributed by atoms with Gasteiger partial charge in [0.05, 0.1) is 11.7 Å². The first kappa shape index (κ1) is 14.8. The van der Waals surface area contributed by atoms with E-state index in [1.165, 1.54) is 0 Å². The zero-order valence-electron chi connectivity index (χ0n) is 12.8. The summed E-state index contributed by atoms with van der Waals surface area (Å²) in [7, 11) is 0. The lowest BCUT2D eigenvalue weighted by atomic mass is 9.97. The van der Waals surface area contributed by atoms with Gasteiger partial charge in [0.25, 0.3) is 0 Å². The molecule has 1 aliphatic rings. The molecule has 20 heavy (non-hydrogen) atoms. The molecule has 0 radical (unpaired) electrons. The lowest BCUT2D eigenvalue weighted by molar-refractivity contribution is 0.00894. The smallest absolute Gasteiger partial charge is 0.410 e. The molecule has 0 N–H and O–H groups in total. The van der Waals surface area contributed by atoms with Crippen LogP contribution in [0.15, 0.2) is 18.3 Å². The van der Waals surface area contributed by atoms with Crippen LogP contribution in [0.5, 0.6) is 0 Å². The van der Waals surface area contributed by atoms with E-state index in [1.54, 1.807) is 6.20 Å². The number of amides is 1. The second-order valence-electron chi connectivity index (χ2n) is 6.39. The second kappa shape index (κ2) is 5.81. The van der Waals surface area contributed by atoms with Gasteiger partial charge in [0.15, 0.2) is 0 Å². The fourth-order valence-electron chi connectivity index (χ4n) is 2.60. The first-order valence-electron chi connectivity index (χ1n) is 7.29. The first-order valence-corrected chi connectivity index (χ1v) is 7.29. The minimum atomic E-state index is -0.460. The summed E-state index contributed by atoms with van der Waals surface area (Å²) >= 11 is 0. The number of hydrogen-bond donors (Lipinski definition) is 0. The van der Waals surface area contributed by atoms with Crippen LogP contribution < -0.4 is 0 Å². The zero-order chi connectivity index (χ0) is 14.8. The summed E-state index contributed by atoms with van der Waals surface area (Å²) in [4.78, 5) is 18.7. The summed E-state index contributed by atoms with van der Waals surface area (Å²) < 4.78 is 5.53. The van der Waals surface area contributed by atoms with Crippen LogP contribution in [0.1, 0.15) is 57.3 Å². The fraction of sp³-hybridized carbons (Fsp3) is 0.625. The number of rotatable bonds is 1. The Morgan fingerprint density at radius 2 is 2.15 bits per heavy atom. The largest absolute Gasteiger partial charge is 0.444 e. The summed E-state index contributed by atoms with van der Waals surface area (Å²) in [6, 6.07) is 4.02. The van der Waals surface area contributed by atoms with Crippen LogP contribution in [0, 0.1) is 6.92 Å². The quantitative estimate of drug-likeness (QED) is 0.782. The van der Waals surface area contributed by atoms with Gasteiger partial charge in [0.2, 0.25) is 0 Å². The van der Waals surface area contributed by atoms with Gasteiger partial charge in [-0.25, -0.2) is 4.79 Å². The summed E-state index contributed by atoms with van der Waals surface area (Å²) in [6.07, 6.45) is 4.68. The van der Waals surface area contributed by atoms with Crippen LogP contribution in [-0.2, 0) is 4.74 Å². The SMILES string of the molecule is Cc1cccnc1[C@@H]1CCCCN1C(=O)OC(C)(C)C. The fourth-order valence-corrected chi connectivity index (χ4v) is 2.60. The van der Waals surface area contributed by atoms with Gasteiger partial charge in [-0.3, -0.25) is 9.88 Å². The Morgan fingerprint density at radius 3 is 2.80 bits per heavy atom. The minimum Gasteiger partial charge on any atom is -0.444 e. The molecule has 0 spiro atoms. The van der Waals surface area contributed by atoms with E-state index in [2.05, 4.69) is 4.98 Å². The van der Waals surface area contributed by atoms with Crippen molar-refractivity contribution < 1.29 is 9.53 Å². The van der Waals surface area contributed by atoms with Gasteiger partial charge in [-0.05, 0) is 58.6 Å². The van der Waals surface area contributed by atoms with E-state index in [-0.39, 0.29) is 12.1 Å². The van der Waals surface area contributed by atoms with Crippen LogP contribution in [0.25, 0.3) is 0 Å². The van der Waals surface area contributed by atoms with E-state index in [0.29, 0.717) is 0 Å². The zero-order valence-corrected chi connectivity index (χ0v) is 12.8. The van der Waals surface area contributed by atoms with Crippen LogP contribution in [0.4, 0.5) is 4.79 Å². The lowest BCUT2D eigenvalue weighted by Gasteiger charge is -2.36. The Morgan fingerprint density at radius 1 is 1.40 bits per heavy atom. The summed E-state index contributed by atoms with van der Waals surface area (Å²) in [5.41, 5.74) is 1.67. The third kappa shape index (κ3) is 3.50. The molecule has 4 heteroatoms. The molecular weight excluding hydrogens is 252 g/mol. The molecule has 2 rings (SSSR count). The van der Waals surface area contributed by atoms with Crippen molar-refractivity contribution in [3.05, 3.63) is 29.6 Å². The highest BCUT2D eigenvalue weighted by Gasteiger charge is 2.32. The summed E-state index contributed by atoms with van der Waals surface area (Å²) in [5, 5.41) is 0. The number of aromatic nitrogens is 1. The van der Waals surface area contributed by atoms with Gasteiger partial charge in [-0.2, -0.15) is 0 Å². The van der Waals surface area contributed by atoms with Crippen LogP contribution in [0.2, 0.25) is 0 Å². The van der Waals surface area contributed by atoms with Crippen molar-refractivity contribution >= 4 is 6.09 Å². The number of pyridine rings is 1. The molecule has 4 nitrogen and oxygen atoms in total. The number of hydrogen-bond acceptors (Lipinski definition) is 3. The molecular formula is C16H24N2O2. The maximum absolute atomic E-state index is 12.4. The van der Waals surface area contributed by atoms with Crippen molar-refractivity contribution in [3.63, 3.8) is 0 Å². The van der Waals surface area contributed by atoms with E-state index in [4.69, 9.17) is 4.74 Å². The normalized spacial score (nSPS) is 19.8. The maximum atomic E-state index is 12.4. The number of ether oxygens (including phenoxy) is 1. The number of aryl methyl sites for hydroxylation is 1. The Balaban J connectivity index is 2.22. The van der Waals surface area contributed by atoms with E-state index in [1.807, 2.05) is 44.7 Å². The van der Waals surface area contributed by atoms with E-state index < -0.39 is 5.60 Å². The third-order valence-corrected chi connectivity index (χ3v) is 3.50. The van der Waals surface area contributed by atoms with E-state index >= 15 is 0 Å². The van der Waals surface area contributed by atoms with Crippen molar-refractivity contribution in [2.24, 2.45) is 0 Å². The second-order valence-corrected chi connectivity index (χ2v) is 6.39. The molecule has 1 saturated heterocycles. The van der Waals surface area contributed by atoms with Crippen molar-refractivity contribution in [2.45, 2.75) is 58.6 Å². The van der Waals surface area contributed by atoms with Gasteiger partial charge in [0, 0.05) is 12.7 Å². The number of likely N-dealkylation sites (tertiary alicyclic amines) is 1. The number of carbonyl (C=O) groups excluding carboxylic acids is 1. The molecule has 0 aromatic carbocycles. The molecule has 1 aromatic heterocycles. The Kier molecular flexibility index (Phi) is 4.31.